The summed E-state index contributed by atoms with van der Waals surface area (Å²) in [6, 6.07) is 12.4. The molecule has 0 bridgehead atoms. The molecule has 4 rings (SSSR count). The first-order valence-electron chi connectivity index (χ1n) is 8.46. The molecular formula is C19H18N4O3. The molecule has 1 aliphatic rings. The summed E-state index contributed by atoms with van der Waals surface area (Å²) >= 11 is 0. The average molecular weight is 350 g/mol. The van der Waals surface area contributed by atoms with Crippen LogP contribution in [0.25, 0.3) is 10.9 Å². The molecule has 7 heteroatoms. The molecule has 26 heavy (non-hydrogen) atoms. The maximum atomic E-state index is 12.5. The Morgan fingerprint density at radius 1 is 1.12 bits per heavy atom. The van der Waals surface area contributed by atoms with Crippen LogP contribution in [0.4, 0.5) is 11.4 Å². The number of carbonyl (C=O) groups is 2. The fourth-order valence-electron chi connectivity index (χ4n) is 2.97. The third kappa shape index (κ3) is 3.43. The van der Waals surface area contributed by atoms with E-state index >= 15 is 0 Å². The van der Waals surface area contributed by atoms with Crippen LogP contribution in [-0.2, 0) is 9.53 Å². The second-order valence-electron chi connectivity index (χ2n) is 6.20. The summed E-state index contributed by atoms with van der Waals surface area (Å²) in [5.74, 6) is -0.425. The van der Waals surface area contributed by atoms with E-state index in [1.54, 1.807) is 30.5 Å². The number of nitrogens with zero attached hydrogens (tertiary/aromatic N) is 1. The molecule has 2 amide bonds. The molecule has 3 aromatic rings. The van der Waals surface area contributed by atoms with Crippen LogP contribution in [0.2, 0.25) is 0 Å². The van der Waals surface area contributed by atoms with Gasteiger partial charge in [0.25, 0.3) is 11.8 Å². The van der Waals surface area contributed by atoms with Gasteiger partial charge in [0.2, 0.25) is 0 Å². The quantitative estimate of drug-likeness (QED) is 0.674. The Labute approximate surface area is 149 Å². The molecule has 1 saturated heterocycles. The zero-order valence-electron chi connectivity index (χ0n) is 14.0. The van der Waals surface area contributed by atoms with Crippen LogP contribution in [0.5, 0.6) is 0 Å². The summed E-state index contributed by atoms with van der Waals surface area (Å²) < 4.78 is 5.37. The van der Waals surface area contributed by atoms with Crippen LogP contribution in [0, 0.1) is 0 Å². The lowest BCUT2D eigenvalue weighted by Gasteiger charge is -2.11. The first kappa shape index (κ1) is 16.3. The van der Waals surface area contributed by atoms with Gasteiger partial charge in [-0.15, -0.1) is 0 Å². The molecule has 0 spiro atoms. The highest BCUT2D eigenvalue weighted by Crippen LogP contribution is 2.19. The van der Waals surface area contributed by atoms with E-state index in [1.165, 1.54) is 0 Å². The van der Waals surface area contributed by atoms with Crippen molar-refractivity contribution >= 4 is 34.1 Å². The van der Waals surface area contributed by atoms with Gasteiger partial charge in [0.15, 0.2) is 0 Å². The van der Waals surface area contributed by atoms with Crippen molar-refractivity contribution in [3.05, 3.63) is 54.2 Å². The lowest BCUT2D eigenvalue weighted by atomic mass is 10.1. The van der Waals surface area contributed by atoms with Gasteiger partial charge in [-0.1, -0.05) is 6.07 Å². The molecule has 132 valence electrons. The van der Waals surface area contributed by atoms with Crippen LogP contribution in [-0.4, -0.2) is 34.7 Å². The number of hydrogen-bond acceptors (Lipinski definition) is 4. The standard InChI is InChI=1S/C19H18N4O3/c24-18(21-15-6-7-16-13(10-15)11-20-23-16)12-3-1-4-14(9-12)22-19(25)17-5-2-8-26-17/h1,3-4,6-7,9-11,17H,2,5,8H2,(H,20,23)(H,21,24)(H,22,25). The number of amides is 2. The predicted molar refractivity (Wildman–Crippen MR) is 98.1 cm³/mol. The molecule has 7 nitrogen and oxygen atoms in total. The zero-order chi connectivity index (χ0) is 17.9. The molecule has 1 atom stereocenters. The average Bonchev–Trinajstić information content (AvgIpc) is 3.33. The van der Waals surface area contributed by atoms with Gasteiger partial charge in [0.1, 0.15) is 6.10 Å². The predicted octanol–water partition coefficient (Wildman–Crippen LogP) is 2.93. The van der Waals surface area contributed by atoms with E-state index in [4.69, 9.17) is 4.74 Å². The molecule has 1 unspecified atom stereocenters. The SMILES string of the molecule is O=C(Nc1ccc2[nH]ncc2c1)c1cccc(NC(=O)C2CCCO2)c1. The largest absolute Gasteiger partial charge is 0.368 e. The number of ether oxygens (including phenoxy) is 1. The van der Waals surface area contributed by atoms with Crippen molar-refractivity contribution in [1.29, 1.82) is 0 Å². The number of H-pyrrole nitrogens is 1. The summed E-state index contributed by atoms with van der Waals surface area (Å²) in [7, 11) is 0. The Hall–Kier alpha value is -3.19. The van der Waals surface area contributed by atoms with Crippen molar-refractivity contribution in [2.45, 2.75) is 18.9 Å². The molecule has 0 radical (unpaired) electrons. The van der Waals surface area contributed by atoms with Crippen LogP contribution in [0.1, 0.15) is 23.2 Å². The lowest BCUT2D eigenvalue weighted by Crippen LogP contribution is -2.27. The number of carbonyl (C=O) groups excluding carboxylic acids is 2. The fourth-order valence-corrected chi connectivity index (χ4v) is 2.97. The Morgan fingerprint density at radius 2 is 2.00 bits per heavy atom. The van der Waals surface area contributed by atoms with Gasteiger partial charge in [0, 0.05) is 28.9 Å². The van der Waals surface area contributed by atoms with E-state index < -0.39 is 6.10 Å². The minimum atomic E-state index is -0.408. The van der Waals surface area contributed by atoms with Gasteiger partial charge in [-0.05, 0) is 49.2 Å². The number of anilines is 2. The number of benzene rings is 2. The van der Waals surface area contributed by atoms with Crippen LogP contribution in [0.15, 0.2) is 48.7 Å². The summed E-state index contributed by atoms with van der Waals surface area (Å²) in [5, 5.41) is 13.4. The number of aromatic nitrogens is 2. The van der Waals surface area contributed by atoms with Crippen LogP contribution in [0.3, 0.4) is 0 Å². The zero-order valence-corrected chi connectivity index (χ0v) is 14.0. The number of aromatic amines is 1. The molecule has 1 fully saturated rings. The maximum Gasteiger partial charge on any atom is 0.255 e. The number of nitrogens with one attached hydrogen (secondary N) is 3. The Kier molecular flexibility index (Phi) is 4.37. The normalized spacial score (nSPS) is 16.5. The minimum absolute atomic E-state index is 0.175. The molecule has 0 aliphatic carbocycles. The van der Waals surface area contributed by atoms with Gasteiger partial charge in [0.05, 0.1) is 11.7 Å². The summed E-state index contributed by atoms with van der Waals surface area (Å²) in [4.78, 5) is 24.7. The Balaban J connectivity index is 1.46. The van der Waals surface area contributed by atoms with Crippen LogP contribution >= 0.6 is 0 Å². The van der Waals surface area contributed by atoms with E-state index in [1.807, 2.05) is 18.2 Å². The van der Waals surface area contributed by atoms with Crippen molar-refractivity contribution < 1.29 is 14.3 Å². The molecule has 0 saturated carbocycles. The van der Waals surface area contributed by atoms with Crippen molar-refractivity contribution in [2.75, 3.05) is 17.2 Å². The van der Waals surface area contributed by atoms with E-state index in [-0.39, 0.29) is 11.8 Å². The fraction of sp³-hybridized carbons (Fsp3) is 0.211. The first-order valence-corrected chi connectivity index (χ1v) is 8.46. The summed E-state index contributed by atoms with van der Waals surface area (Å²) in [5.41, 5.74) is 2.62. The molecule has 3 N–H and O–H groups in total. The van der Waals surface area contributed by atoms with Gasteiger partial charge in [-0.2, -0.15) is 5.10 Å². The smallest absolute Gasteiger partial charge is 0.255 e. The third-order valence-electron chi connectivity index (χ3n) is 4.31. The van der Waals surface area contributed by atoms with Crippen molar-refractivity contribution in [3.8, 4) is 0 Å². The van der Waals surface area contributed by atoms with Crippen molar-refractivity contribution in [2.24, 2.45) is 0 Å². The third-order valence-corrected chi connectivity index (χ3v) is 4.31. The van der Waals surface area contributed by atoms with E-state index in [2.05, 4.69) is 20.8 Å². The topological polar surface area (TPSA) is 96.1 Å². The van der Waals surface area contributed by atoms with Gasteiger partial charge in [-0.25, -0.2) is 0 Å². The molecule has 1 aliphatic heterocycles. The lowest BCUT2D eigenvalue weighted by molar-refractivity contribution is -0.124. The Morgan fingerprint density at radius 3 is 2.85 bits per heavy atom. The molecule has 2 heterocycles. The van der Waals surface area contributed by atoms with Gasteiger partial charge >= 0.3 is 0 Å². The van der Waals surface area contributed by atoms with Gasteiger partial charge < -0.3 is 15.4 Å². The summed E-state index contributed by atoms with van der Waals surface area (Å²) in [6.07, 6.45) is 2.91. The maximum absolute atomic E-state index is 12.5. The van der Waals surface area contributed by atoms with E-state index in [0.29, 0.717) is 23.5 Å². The molecule has 2 aromatic carbocycles. The number of hydrogen-bond donors (Lipinski definition) is 3. The molecular weight excluding hydrogens is 332 g/mol. The Bertz CT molecular complexity index is 960. The highest BCUT2D eigenvalue weighted by Gasteiger charge is 2.23. The number of fused-ring (bicyclic) bond motifs is 1. The second kappa shape index (κ2) is 6.97. The first-order chi connectivity index (χ1) is 12.7. The van der Waals surface area contributed by atoms with Crippen molar-refractivity contribution in [3.63, 3.8) is 0 Å². The summed E-state index contributed by atoms with van der Waals surface area (Å²) in [6.45, 7) is 0.613. The van der Waals surface area contributed by atoms with Crippen molar-refractivity contribution in [1.82, 2.24) is 10.2 Å². The highest BCUT2D eigenvalue weighted by atomic mass is 16.5. The van der Waals surface area contributed by atoms with E-state index in [0.717, 1.165) is 23.7 Å². The van der Waals surface area contributed by atoms with Gasteiger partial charge in [-0.3, -0.25) is 14.7 Å². The van der Waals surface area contributed by atoms with Crippen LogP contribution < -0.4 is 10.6 Å². The van der Waals surface area contributed by atoms with E-state index in [9.17, 15) is 9.59 Å². The molecule has 1 aromatic heterocycles. The highest BCUT2D eigenvalue weighted by molar-refractivity contribution is 6.06. The number of rotatable bonds is 4. The minimum Gasteiger partial charge on any atom is -0.368 e. The monoisotopic (exact) mass is 350 g/mol. The second-order valence-corrected chi connectivity index (χ2v) is 6.20.